The Morgan fingerprint density at radius 3 is 0.963 bits per heavy atom. The van der Waals surface area contributed by atoms with Gasteiger partial charge in [-0.3, -0.25) is 0 Å². The standard InChI is InChI=1S/C76H56N6/c1-51(2)80(52(3)48-72(81-68-36-20-16-32-62(68)63-33-17-21-37-69(63)81)82-70-38-22-18-34-64(70)65-35-19-23-39-71(65)82)73-66(57-44-40-55(41-45-57)53-24-8-4-9-25-53)49-61(50-67(73)58-46-42-56(43-47-58)54-26-10-5-11-27-54)76-78-74(59-28-12-6-13-29-59)77-75(79-76)60-30-14-7-15-31-60/h4-47,49-50,72H,1,3,48H2,2H3. The maximum absolute atomic E-state index is 5.34. The van der Waals surface area contributed by atoms with Gasteiger partial charge in [-0.2, -0.15) is 0 Å². The Balaban J connectivity index is 1.03. The molecule has 14 aromatic rings. The van der Waals surface area contributed by atoms with E-state index in [4.69, 9.17) is 28.1 Å². The van der Waals surface area contributed by atoms with Gasteiger partial charge in [0.2, 0.25) is 0 Å². The van der Waals surface area contributed by atoms with Crippen molar-refractivity contribution in [2.75, 3.05) is 4.90 Å². The highest BCUT2D eigenvalue weighted by Crippen LogP contribution is 2.48. The Bertz CT molecular complexity index is 4300. The number of aromatic nitrogens is 5. The zero-order valence-electron chi connectivity index (χ0n) is 45.4. The third-order valence-corrected chi connectivity index (χ3v) is 15.8. The Labute approximate surface area is 477 Å². The summed E-state index contributed by atoms with van der Waals surface area (Å²) in [6.07, 6.45) is 0.219. The average Bonchev–Trinajstić information content (AvgIpc) is 3.47. The van der Waals surface area contributed by atoms with Gasteiger partial charge in [0.1, 0.15) is 6.17 Å². The van der Waals surface area contributed by atoms with Crippen LogP contribution in [0, 0.1) is 0 Å². The Morgan fingerprint density at radius 1 is 0.341 bits per heavy atom. The van der Waals surface area contributed by atoms with Crippen LogP contribution in [0.4, 0.5) is 5.69 Å². The largest absolute Gasteiger partial charge is 0.319 e. The van der Waals surface area contributed by atoms with E-state index >= 15 is 0 Å². The van der Waals surface area contributed by atoms with Crippen molar-refractivity contribution in [3.8, 4) is 78.7 Å². The average molecular weight is 1050 g/mol. The molecule has 0 aliphatic rings. The fourth-order valence-corrected chi connectivity index (χ4v) is 12.1. The molecule has 6 heteroatoms. The first-order chi connectivity index (χ1) is 40.4. The van der Waals surface area contributed by atoms with Crippen LogP contribution in [0.25, 0.3) is 122 Å². The van der Waals surface area contributed by atoms with Crippen LogP contribution in [0.1, 0.15) is 19.5 Å². The van der Waals surface area contributed by atoms with Crippen molar-refractivity contribution in [1.29, 1.82) is 0 Å². The van der Waals surface area contributed by atoms with Gasteiger partial charge in [0.25, 0.3) is 0 Å². The highest BCUT2D eigenvalue weighted by Gasteiger charge is 2.30. The third-order valence-electron chi connectivity index (χ3n) is 15.8. The molecule has 6 nitrogen and oxygen atoms in total. The number of benzene rings is 11. The molecule has 390 valence electrons. The van der Waals surface area contributed by atoms with Crippen LogP contribution < -0.4 is 4.90 Å². The second kappa shape index (κ2) is 21.2. The Kier molecular flexibility index (Phi) is 12.8. The summed E-state index contributed by atoms with van der Waals surface area (Å²) in [5.41, 5.74) is 18.4. The van der Waals surface area contributed by atoms with E-state index in [1.165, 1.54) is 21.5 Å². The van der Waals surface area contributed by atoms with E-state index in [0.717, 1.165) is 100 Å². The fraction of sp³-hybridized carbons (Fsp3) is 0.0395. The third kappa shape index (κ3) is 9.02. The second-order valence-electron chi connectivity index (χ2n) is 21.0. The van der Waals surface area contributed by atoms with E-state index in [1.54, 1.807) is 0 Å². The maximum Gasteiger partial charge on any atom is 0.164 e. The minimum absolute atomic E-state index is 0.288. The summed E-state index contributed by atoms with van der Waals surface area (Å²) in [5.74, 6) is 1.74. The van der Waals surface area contributed by atoms with Crippen molar-refractivity contribution in [3.63, 3.8) is 0 Å². The van der Waals surface area contributed by atoms with Gasteiger partial charge in [0.05, 0.1) is 27.8 Å². The number of rotatable bonds is 14. The molecule has 3 heterocycles. The van der Waals surface area contributed by atoms with Gasteiger partial charge in [0, 0.05) is 67.2 Å². The van der Waals surface area contributed by atoms with E-state index in [0.29, 0.717) is 23.9 Å². The van der Waals surface area contributed by atoms with Gasteiger partial charge in [0.15, 0.2) is 17.5 Å². The molecule has 0 amide bonds. The van der Waals surface area contributed by atoms with Gasteiger partial charge < -0.3 is 14.0 Å². The van der Waals surface area contributed by atoms with E-state index in [9.17, 15) is 0 Å². The summed E-state index contributed by atoms with van der Waals surface area (Å²) < 4.78 is 5.08. The molecule has 0 radical (unpaired) electrons. The molecule has 0 N–H and O–H groups in total. The molecule has 11 aromatic carbocycles. The molecule has 0 saturated heterocycles. The lowest BCUT2D eigenvalue weighted by molar-refractivity contribution is 0.471. The minimum atomic E-state index is -0.288. The molecule has 0 spiro atoms. The SMILES string of the molecule is C=C(C)N(C(=C)CC(n1c2ccccc2c2ccccc21)n1c2ccccc2c2ccccc21)c1c(-c2ccc(-c3ccccc3)cc2)cc(-c2nc(-c3ccccc3)nc(-c3ccccc3)n2)cc1-c1ccc(-c2ccccc2)cc1. The number of para-hydroxylation sites is 4. The predicted octanol–water partition coefficient (Wildman–Crippen LogP) is 19.7. The van der Waals surface area contributed by atoms with Gasteiger partial charge in [-0.15, -0.1) is 0 Å². The first-order valence-electron chi connectivity index (χ1n) is 27.9. The minimum Gasteiger partial charge on any atom is -0.319 e. The van der Waals surface area contributed by atoms with Gasteiger partial charge >= 0.3 is 0 Å². The zero-order chi connectivity index (χ0) is 55.1. The van der Waals surface area contributed by atoms with Crippen molar-refractivity contribution >= 4 is 49.3 Å². The first kappa shape index (κ1) is 49.6. The second-order valence-corrected chi connectivity index (χ2v) is 21.0. The molecule has 0 bridgehead atoms. The Hall–Kier alpha value is -10.7. The molecule has 14 rings (SSSR count). The summed E-state index contributed by atoms with van der Waals surface area (Å²) in [6.45, 7) is 12.1. The number of anilines is 1. The molecular weight excluding hydrogens is 997 g/mol. The zero-order valence-corrected chi connectivity index (χ0v) is 45.4. The highest BCUT2D eigenvalue weighted by molar-refractivity contribution is 6.10. The van der Waals surface area contributed by atoms with E-state index in [-0.39, 0.29) is 6.17 Å². The van der Waals surface area contributed by atoms with Crippen LogP contribution in [0.5, 0.6) is 0 Å². The van der Waals surface area contributed by atoms with E-state index in [1.807, 2.05) is 36.4 Å². The van der Waals surface area contributed by atoms with Crippen molar-refractivity contribution in [2.24, 2.45) is 0 Å². The lowest BCUT2D eigenvalue weighted by atomic mass is 9.90. The summed E-state index contributed by atoms with van der Waals surface area (Å²) >= 11 is 0. The summed E-state index contributed by atoms with van der Waals surface area (Å²) in [5, 5.41) is 4.81. The lowest BCUT2D eigenvalue weighted by Crippen LogP contribution is -2.26. The smallest absolute Gasteiger partial charge is 0.164 e. The van der Waals surface area contributed by atoms with Crippen molar-refractivity contribution < 1.29 is 0 Å². The molecule has 0 unspecified atom stereocenters. The predicted molar refractivity (Wildman–Crippen MR) is 342 cm³/mol. The van der Waals surface area contributed by atoms with Gasteiger partial charge in [-0.25, -0.2) is 15.0 Å². The fourth-order valence-electron chi connectivity index (χ4n) is 12.1. The molecule has 3 aromatic heterocycles. The highest BCUT2D eigenvalue weighted by atomic mass is 15.2. The van der Waals surface area contributed by atoms with Crippen molar-refractivity contribution in [2.45, 2.75) is 19.5 Å². The number of hydrogen-bond donors (Lipinski definition) is 0. The molecule has 82 heavy (non-hydrogen) atoms. The van der Waals surface area contributed by atoms with Crippen LogP contribution in [0.2, 0.25) is 0 Å². The monoisotopic (exact) mass is 1050 g/mol. The van der Waals surface area contributed by atoms with Crippen molar-refractivity contribution in [3.05, 3.63) is 304 Å². The molecule has 0 saturated carbocycles. The maximum atomic E-state index is 5.34. The van der Waals surface area contributed by atoms with Crippen LogP contribution in [0.15, 0.2) is 304 Å². The number of allylic oxidation sites excluding steroid dienone is 2. The van der Waals surface area contributed by atoms with E-state index in [2.05, 4.69) is 264 Å². The summed E-state index contributed by atoms with van der Waals surface area (Å²) in [6, 6.07) is 99.0. The number of nitrogens with zero attached hydrogens (tertiary/aromatic N) is 6. The summed E-state index contributed by atoms with van der Waals surface area (Å²) in [4.78, 5) is 18.1. The molecule has 0 aliphatic heterocycles. The van der Waals surface area contributed by atoms with Crippen LogP contribution in [-0.2, 0) is 0 Å². The van der Waals surface area contributed by atoms with Crippen LogP contribution >= 0.6 is 0 Å². The molecule has 0 aliphatic carbocycles. The quantitative estimate of drug-likeness (QED) is 0.109. The van der Waals surface area contributed by atoms with Gasteiger partial charge in [-0.05, 0) is 76.7 Å². The number of hydrogen-bond acceptors (Lipinski definition) is 4. The van der Waals surface area contributed by atoms with Crippen molar-refractivity contribution in [1.82, 2.24) is 24.1 Å². The van der Waals surface area contributed by atoms with Crippen LogP contribution in [-0.4, -0.2) is 24.1 Å². The normalized spacial score (nSPS) is 11.5. The van der Waals surface area contributed by atoms with Crippen LogP contribution in [0.3, 0.4) is 0 Å². The van der Waals surface area contributed by atoms with Gasteiger partial charge in [-0.1, -0.05) is 256 Å². The summed E-state index contributed by atoms with van der Waals surface area (Å²) in [7, 11) is 0. The lowest BCUT2D eigenvalue weighted by Gasteiger charge is -2.35. The molecular formula is C76H56N6. The Morgan fingerprint density at radius 2 is 0.622 bits per heavy atom. The van der Waals surface area contributed by atoms with E-state index < -0.39 is 0 Å². The molecule has 0 fully saturated rings. The molecule has 0 atom stereocenters. The number of fused-ring (bicyclic) bond motifs is 6. The first-order valence-corrected chi connectivity index (χ1v) is 27.9. The topological polar surface area (TPSA) is 51.8 Å².